The van der Waals surface area contributed by atoms with E-state index in [9.17, 15) is 0 Å². The number of rotatable bonds is 26. The molecular weight excluding hydrogens is 412 g/mol. The molecule has 0 amide bonds. The van der Waals surface area contributed by atoms with Crippen molar-refractivity contribution in [1.29, 1.82) is 0 Å². The molecular formula is C32H64N2. The van der Waals surface area contributed by atoms with E-state index in [1.54, 1.807) is 0 Å². The zero-order valence-corrected chi connectivity index (χ0v) is 24.0. The Morgan fingerprint density at radius 2 is 0.735 bits per heavy atom. The lowest BCUT2D eigenvalue weighted by Crippen LogP contribution is -2.39. The van der Waals surface area contributed by atoms with Crippen LogP contribution in [-0.2, 0) is 0 Å². The Labute approximate surface area is 216 Å². The van der Waals surface area contributed by atoms with Gasteiger partial charge in [-0.25, -0.2) is 0 Å². The van der Waals surface area contributed by atoms with Crippen LogP contribution in [0.25, 0.3) is 0 Å². The SMILES string of the molecule is CCCCCCCCCCCCCCCC1N(CCC)C=CN1CCCCCCCCCCC. The highest BCUT2D eigenvalue weighted by molar-refractivity contribution is 4.96. The maximum Gasteiger partial charge on any atom is 0.101 e. The van der Waals surface area contributed by atoms with Gasteiger partial charge in [0.25, 0.3) is 0 Å². The van der Waals surface area contributed by atoms with Gasteiger partial charge < -0.3 is 9.80 Å². The van der Waals surface area contributed by atoms with Gasteiger partial charge >= 0.3 is 0 Å². The monoisotopic (exact) mass is 477 g/mol. The molecule has 202 valence electrons. The van der Waals surface area contributed by atoms with Crippen molar-refractivity contribution in [2.45, 2.75) is 181 Å². The molecule has 0 saturated heterocycles. The van der Waals surface area contributed by atoms with Crippen LogP contribution in [0.1, 0.15) is 175 Å². The lowest BCUT2D eigenvalue weighted by Gasteiger charge is -2.33. The summed E-state index contributed by atoms with van der Waals surface area (Å²) in [5.74, 6) is 0. The van der Waals surface area contributed by atoms with Crippen LogP contribution in [0.3, 0.4) is 0 Å². The highest BCUT2D eigenvalue weighted by Crippen LogP contribution is 2.23. The van der Waals surface area contributed by atoms with E-state index in [0.717, 1.165) is 0 Å². The van der Waals surface area contributed by atoms with Gasteiger partial charge in [0.05, 0.1) is 0 Å². The quantitative estimate of drug-likeness (QED) is 0.114. The summed E-state index contributed by atoms with van der Waals surface area (Å²) in [7, 11) is 0. The number of nitrogens with zero attached hydrogens (tertiary/aromatic N) is 2. The van der Waals surface area contributed by atoms with Crippen LogP contribution in [-0.4, -0.2) is 29.1 Å². The molecule has 1 atom stereocenters. The van der Waals surface area contributed by atoms with E-state index in [1.807, 2.05) is 0 Å². The maximum atomic E-state index is 2.66. The maximum absolute atomic E-state index is 2.66. The van der Waals surface area contributed by atoms with Gasteiger partial charge in [0, 0.05) is 25.5 Å². The molecule has 1 heterocycles. The van der Waals surface area contributed by atoms with Crippen molar-refractivity contribution < 1.29 is 0 Å². The Balaban J connectivity index is 2.05. The molecule has 0 spiro atoms. The molecule has 0 aromatic heterocycles. The van der Waals surface area contributed by atoms with Crippen molar-refractivity contribution in [2.24, 2.45) is 0 Å². The Hall–Kier alpha value is -0.660. The average Bonchev–Trinajstić information content (AvgIpc) is 3.22. The third-order valence-electron chi connectivity index (χ3n) is 7.78. The van der Waals surface area contributed by atoms with Gasteiger partial charge in [0.15, 0.2) is 0 Å². The number of hydrogen-bond donors (Lipinski definition) is 0. The molecule has 0 saturated carbocycles. The molecule has 2 heteroatoms. The molecule has 0 fully saturated rings. The van der Waals surface area contributed by atoms with E-state index in [1.165, 1.54) is 167 Å². The van der Waals surface area contributed by atoms with Crippen LogP contribution in [0.4, 0.5) is 0 Å². The summed E-state index contributed by atoms with van der Waals surface area (Å²) < 4.78 is 0. The van der Waals surface area contributed by atoms with E-state index in [-0.39, 0.29) is 0 Å². The van der Waals surface area contributed by atoms with Gasteiger partial charge in [-0.2, -0.15) is 0 Å². The first kappa shape index (κ1) is 31.4. The highest BCUT2D eigenvalue weighted by Gasteiger charge is 2.24. The van der Waals surface area contributed by atoms with Crippen molar-refractivity contribution in [3.63, 3.8) is 0 Å². The normalized spacial score (nSPS) is 15.7. The Morgan fingerprint density at radius 1 is 0.382 bits per heavy atom. The second-order valence-electron chi connectivity index (χ2n) is 11.1. The molecule has 1 aliphatic heterocycles. The van der Waals surface area contributed by atoms with E-state index in [4.69, 9.17) is 0 Å². The smallest absolute Gasteiger partial charge is 0.101 e. The van der Waals surface area contributed by atoms with Crippen LogP contribution < -0.4 is 0 Å². The topological polar surface area (TPSA) is 6.48 Å². The molecule has 1 rings (SSSR count). The molecule has 0 aromatic rings. The predicted octanol–water partition coefficient (Wildman–Crippen LogP) is 10.8. The first-order valence-electron chi connectivity index (χ1n) is 16.0. The molecule has 1 aliphatic rings. The largest absolute Gasteiger partial charge is 0.356 e. The summed E-state index contributed by atoms with van der Waals surface area (Å²) in [6, 6.07) is 0. The van der Waals surface area contributed by atoms with E-state index in [0.29, 0.717) is 6.17 Å². The van der Waals surface area contributed by atoms with Crippen LogP contribution in [0.5, 0.6) is 0 Å². The lowest BCUT2D eigenvalue weighted by atomic mass is 10.0. The Morgan fingerprint density at radius 3 is 1.15 bits per heavy atom. The van der Waals surface area contributed by atoms with Crippen LogP contribution in [0.2, 0.25) is 0 Å². The standard InChI is InChI=1S/C32H64N2/c1-4-7-9-11-13-15-16-17-18-19-21-23-25-27-32-33(28-6-3)30-31-34(32)29-26-24-22-20-14-12-10-8-5-2/h30-32H,4-29H2,1-3H3. The summed E-state index contributed by atoms with van der Waals surface area (Å²) in [5, 5.41) is 0. The molecule has 34 heavy (non-hydrogen) atoms. The minimum atomic E-state index is 0.640. The third kappa shape index (κ3) is 16.9. The van der Waals surface area contributed by atoms with Crippen LogP contribution >= 0.6 is 0 Å². The second-order valence-corrected chi connectivity index (χ2v) is 11.1. The molecule has 0 N–H and O–H groups in total. The van der Waals surface area contributed by atoms with Gasteiger partial charge in [-0.05, 0) is 25.7 Å². The second kappa shape index (κ2) is 24.1. The molecule has 0 bridgehead atoms. The van der Waals surface area contributed by atoms with Crippen molar-refractivity contribution in [3.05, 3.63) is 12.4 Å². The Kier molecular flexibility index (Phi) is 22.2. The number of hydrogen-bond acceptors (Lipinski definition) is 2. The van der Waals surface area contributed by atoms with Gasteiger partial charge in [-0.15, -0.1) is 0 Å². The first-order valence-corrected chi connectivity index (χ1v) is 16.0. The van der Waals surface area contributed by atoms with Gasteiger partial charge in [-0.1, -0.05) is 149 Å². The fourth-order valence-electron chi connectivity index (χ4n) is 5.55. The third-order valence-corrected chi connectivity index (χ3v) is 7.78. The van der Waals surface area contributed by atoms with Crippen LogP contribution in [0, 0.1) is 0 Å². The minimum absolute atomic E-state index is 0.640. The summed E-state index contributed by atoms with van der Waals surface area (Å²) in [6.45, 7) is 9.41. The highest BCUT2D eigenvalue weighted by atomic mass is 15.4. The van der Waals surface area contributed by atoms with E-state index < -0.39 is 0 Å². The fourth-order valence-corrected chi connectivity index (χ4v) is 5.55. The zero-order valence-electron chi connectivity index (χ0n) is 24.0. The van der Waals surface area contributed by atoms with Crippen molar-refractivity contribution in [1.82, 2.24) is 9.80 Å². The van der Waals surface area contributed by atoms with Crippen molar-refractivity contribution in [2.75, 3.05) is 13.1 Å². The fraction of sp³-hybridized carbons (Fsp3) is 0.938. The van der Waals surface area contributed by atoms with Gasteiger partial charge in [0.1, 0.15) is 6.17 Å². The average molecular weight is 477 g/mol. The van der Waals surface area contributed by atoms with Gasteiger partial charge in [0.2, 0.25) is 0 Å². The van der Waals surface area contributed by atoms with Crippen LogP contribution in [0.15, 0.2) is 12.4 Å². The summed E-state index contributed by atoms with van der Waals surface area (Å²) in [6.07, 6.45) is 39.6. The molecule has 2 nitrogen and oxygen atoms in total. The molecule has 0 aromatic carbocycles. The van der Waals surface area contributed by atoms with Crippen molar-refractivity contribution in [3.8, 4) is 0 Å². The Bertz CT molecular complexity index is 433. The summed E-state index contributed by atoms with van der Waals surface area (Å²) in [5.41, 5.74) is 0. The summed E-state index contributed by atoms with van der Waals surface area (Å²) >= 11 is 0. The molecule has 1 unspecified atom stereocenters. The minimum Gasteiger partial charge on any atom is -0.356 e. The summed E-state index contributed by atoms with van der Waals surface area (Å²) in [4.78, 5) is 5.28. The van der Waals surface area contributed by atoms with Gasteiger partial charge in [-0.3, -0.25) is 0 Å². The lowest BCUT2D eigenvalue weighted by molar-refractivity contribution is 0.137. The first-order chi connectivity index (χ1) is 16.8. The molecule has 0 aliphatic carbocycles. The molecule has 0 radical (unpaired) electrons. The van der Waals surface area contributed by atoms with Crippen molar-refractivity contribution >= 4 is 0 Å². The zero-order chi connectivity index (χ0) is 24.5. The van der Waals surface area contributed by atoms with E-state index in [2.05, 4.69) is 43.0 Å². The van der Waals surface area contributed by atoms with E-state index >= 15 is 0 Å². The predicted molar refractivity (Wildman–Crippen MR) is 154 cm³/mol. The number of unbranched alkanes of at least 4 members (excludes halogenated alkanes) is 20.